The Morgan fingerprint density at radius 3 is 2.28 bits per heavy atom. The summed E-state index contributed by atoms with van der Waals surface area (Å²) in [5.74, 6) is 1.11. The Bertz CT molecular complexity index is 967. The molecule has 5 heteroatoms. The number of carbonyl (C=O) groups is 1. The molecule has 0 unspecified atom stereocenters. The molecule has 29 heavy (non-hydrogen) atoms. The zero-order valence-corrected chi connectivity index (χ0v) is 16.6. The molecule has 1 amide bonds. The van der Waals surface area contributed by atoms with Crippen molar-refractivity contribution in [2.75, 3.05) is 13.2 Å². The van der Waals surface area contributed by atoms with Crippen molar-refractivity contribution in [3.05, 3.63) is 83.9 Å². The SMILES string of the molecule is CCOc1ccc(C=NNC(=O)c2ccc(-c3ccccc3)cc2)c(OCC)c1. The Labute approximate surface area is 171 Å². The van der Waals surface area contributed by atoms with Crippen LogP contribution in [0.2, 0.25) is 0 Å². The molecule has 0 aromatic heterocycles. The van der Waals surface area contributed by atoms with Crippen molar-refractivity contribution >= 4 is 12.1 Å². The van der Waals surface area contributed by atoms with Crippen molar-refractivity contribution in [2.45, 2.75) is 13.8 Å². The molecular weight excluding hydrogens is 364 g/mol. The van der Waals surface area contributed by atoms with Gasteiger partial charge in [0, 0.05) is 17.2 Å². The van der Waals surface area contributed by atoms with Gasteiger partial charge in [0.2, 0.25) is 0 Å². The van der Waals surface area contributed by atoms with E-state index in [0.717, 1.165) is 22.4 Å². The van der Waals surface area contributed by atoms with Gasteiger partial charge < -0.3 is 9.47 Å². The first-order chi connectivity index (χ1) is 14.2. The number of hydrazone groups is 1. The highest BCUT2D eigenvalue weighted by molar-refractivity contribution is 5.95. The number of nitrogens with one attached hydrogen (secondary N) is 1. The van der Waals surface area contributed by atoms with E-state index in [1.54, 1.807) is 18.3 Å². The number of rotatable bonds is 8. The Balaban J connectivity index is 1.66. The molecule has 0 heterocycles. The van der Waals surface area contributed by atoms with Gasteiger partial charge in [0.25, 0.3) is 5.91 Å². The minimum absolute atomic E-state index is 0.273. The lowest BCUT2D eigenvalue weighted by Crippen LogP contribution is -2.17. The first-order valence-corrected chi connectivity index (χ1v) is 9.59. The molecule has 0 spiro atoms. The van der Waals surface area contributed by atoms with Crippen LogP contribution >= 0.6 is 0 Å². The van der Waals surface area contributed by atoms with E-state index in [1.165, 1.54) is 0 Å². The van der Waals surface area contributed by atoms with Gasteiger partial charge in [0.05, 0.1) is 19.4 Å². The van der Waals surface area contributed by atoms with Gasteiger partial charge >= 0.3 is 0 Å². The Hall–Kier alpha value is -3.60. The molecule has 148 valence electrons. The fourth-order valence-electron chi connectivity index (χ4n) is 2.83. The van der Waals surface area contributed by atoms with Crippen molar-refractivity contribution in [1.29, 1.82) is 0 Å². The van der Waals surface area contributed by atoms with E-state index in [0.29, 0.717) is 24.5 Å². The van der Waals surface area contributed by atoms with Crippen LogP contribution in [0.15, 0.2) is 77.9 Å². The number of amides is 1. The van der Waals surface area contributed by atoms with Crippen LogP contribution < -0.4 is 14.9 Å². The van der Waals surface area contributed by atoms with Crippen LogP contribution in [-0.4, -0.2) is 25.3 Å². The van der Waals surface area contributed by atoms with Gasteiger partial charge in [-0.05, 0) is 49.2 Å². The van der Waals surface area contributed by atoms with Gasteiger partial charge in [-0.2, -0.15) is 5.10 Å². The summed E-state index contributed by atoms with van der Waals surface area (Å²) >= 11 is 0. The molecule has 0 aliphatic carbocycles. The highest BCUT2D eigenvalue weighted by Gasteiger charge is 2.07. The number of ether oxygens (including phenoxy) is 2. The molecule has 3 aromatic rings. The maximum atomic E-state index is 12.4. The van der Waals surface area contributed by atoms with Gasteiger partial charge in [-0.1, -0.05) is 42.5 Å². The molecule has 0 aliphatic rings. The highest BCUT2D eigenvalue weighted by Crippen LogP contribution is 2.24. The minimum Gasteiger partial charge on any atom is -0.494 e. The molecule has 0 atom stereocenters. The average molecular weight is 388 g/mol. The maximum Gasteiger partial charge on any atom is 0.271 e. The molecule has 3 rings (SSSR count). The fourth-order valence-corrected chi connectivity index (χ4v) is 2.83. The molecule has 0 saturated carbocycles. The standard InChI is InChI=1S/C24H24N2O3/c1-3-28-22-15-14-21(23(16-22)29-4-2)17-25-26-24(27)20-12-10-19(11-13-20)18-8-6-5-7-9-18/h5-17H,3-4H2,1-2H3,(H,26,27). The quantitative estimate of drug-likeness (QED) is 0.440. The molecule has 5 nitrogen and oxygen atoms in total. The van der Waals surface area contributed by atoms with Gasteiger partial charge in [0.15, 0.2) is 0 Å². The third-order valence-electron chi connectivity index (χ3n) is 4.22. The summed E-state index contributed by atoms with van der Waals surface area (Å²) in [7, 11) is 0. The fraction of sp³-hybridized carbons (Fsp3) is 0.167. The zero-order chi connectivity index (χ0) is 20.5. The second-order valence-corrected chi connectivity index (χ2v) is 6.21. The normalized spacial score (nSPS) is 10.7. The monoisotopic (exact) mass is 388 g/mol. The van der Waals surface area contributed by atoms with Crippen LogP contribution in [-0.2, 0) is 0 Å². The van der Waals surface area contributed by atoms with Crippen LogP contribution in [0.3, 0.4) is 0 Å². The van der Waals surface area contributed by atoms with E-state index in [4.69, 9.17) is 9.47 Å². The number of carbonyl (C=O) groups excluding carboxylic acids is 1. The summed E-state index contributed by atoms with van der Waals surface area (Å²) in [5.41, 5.74) is 6.02. The molecule has 0 fully saturated rings. The van der Waals surface area contributed by atoms with Crippen molar-refractivity contribution in [1.82, 2.24) is 5.43 Å². The lowest BCUT2D eigenvalue weighted by atomic mass is 10.0. The molecule has 3 aromatic carbocycles. The predicted molar refractivity (Wildman–Crippen MR) is 116 cm³/mol. The molecule has 0 radical (unpaired) electrons. The molecule has 0 aliphatic heterocycles. The second-order valence-electron chi connectivity index (χ2n) is 6.21. The minimum atomic E-state index is -0.273. The largest absolute Gasteiger partial charge is 0.494 e. The Kier molecular flexibility index (Phi) is 7.00. The molecule has 0 saturated heterocycles. The van der Waals surface area contributed by atoms with Crippen molar-refractivity contribution in [3.63, 3.8) is 0 Å². The lowest BCUT2D eigenvalue weighted by molar-refractivity contribution is 0.0955. The summed E-state index contributed by atoms with van der Waals surface area (Å²) in [6.45, 7) is 4.95. The van der Waals surface area contributed by atoms with Crippen LogP contribution in [0.4, 0.5) is 0 Å². The first-order valence-electron chi connectivity index (χ1n) is 9.59. The summed E-state index contributed by atoms with van der Waals surface area (Å²) in [6.07, 6.45) is 1.57. The number of benzene rings is 3. The van der Waals surface area contributed by atoms with E-state index in [2.05, 4.69) is 10.5 Å². The molecular formula is C24H24N2O3. The van der Waals surface area contributed by atoms with Gasteiger partial charge in [-0.3, -0.25) is 4.79 Å². The highest BCUT2D eigenvalue weighted by atomic mass is 16.5. The van der Waals surface area contributed by atoms with Crippen LogP contribution in [0.25, 0.3) is 11.1 Å². The predicted octanol–water partition coefficient (Wildman–Crippen LogP) is 4.91. The third-order valence-corrected chi connectivity index (χ3v) is 4.22. The van der Waals surface area contributed by atoms with E-state index >= 15 is 0 Å². The van der Waals surface area contributed by atoms with E-state index in [-0.39, 0.29) is 5.91 Å². The smallest absolute Gasteiger partial charge is 0.271 e. The Morgan fingerprint density at radius 1 is 0.897 bits per heavy atom. The van der Waals surface area contributed by atoms with Crippen molar-refractivity contribution in [3.8, 4) is 22.6 Å². The maximum absolute atomic E-state index is 12.4. The summed E-state index contributed by atoms with van der Waals surface area (Å²) in [6, 6.07) is 23.0. The summed E-state index contributed by atoms with van der Waals surface area (Å²) < 4.78 is 11.1. The van der Waals surface area contributed by atoms with Gasteiger partial charge in [0.1, 0.15) is 11.5 Å². The van der Waals surface area contributed by atoms with Gasteiger partial charge in [-0.15, -0.1) is 0 Å². The van der Waals surface area contributed by atoms with Gasteiger partial charge in [-0.25, -0.2) is 5.43 Å². The van der Waals surface area contributed by atoms with E-state index in [1.807, 2.05) is 74.5 Å². The summed E-state index contributed by atoms with van der Waals surface area (Å²) in [5, 5.41) is 4.07. The van der Waals surface area contributed by atoms with Crippen LogP contribution in [0.5, 0.6) is 11.5 Å². The number of nitrogens with zero attached hydrogens (tertiary/aromatic N) is 1. The second kappa shape index (κ2) is 10.1. The van der Waals surface area contributed by atoms with Crippen LogP contribution in [0.1, 0.15) is 29.8 Å². The molecule has 0 bridgehead atoms. The topological polar surface area (TPSA) is 59.9 Å². The number of hydrogen-bond donors (Lipinski definition) is 1. The summed E-state index contributed by atoms with van der Waals surface area (Å²) in [4.78, 5) is 12.4. The zero-order valence-electron chi connectivity index (χ0n) is 16.6. The van der Waals surface area contributed by atoms with E-state index in [9.17, 15) is 4.79 Å². The number of hydrogen-bond acceptors (Lipinski definition) is 4. The average Bonchev–Trinajstić information content (AvgIpc) is 2.76. The molecule has 1 N–H and O–H groups in total. The van der Waals surface area contributed by atoms with Crippen LogP contribution in [0, 0.1) is 0 Å². The lowest BCUT2D eigenvalue weighted by Gasteiger charge is -2.10. The third kappa shape index (κ3) is 5.45. The van der Waals surface area contributed by atoms with Crippen molar-refractivity contribution < 1.29 is 14.3 Å². The van der Waals surface area contributed by atoms with Crippen molar-refractivity contribution in [2.24, 2.45) is 5.10 Å². The first kappa shape index (κ1) is 20.1. The Morgan fingerprint density at radius 2 is 1.59 bits per heavy atom. The van der Waals surface area contributed by atoms with E-state index < -0.39 is 0 Å².